The van der Waals surface area contributed by atoms with Crippen LogP contribution in [-0.2, 0) is 6.54 Å². The minimum Gasteiger partial charge on any atom is -0.494 e. The van der Waals surface area contributed by atoms with E-state index in [1.807, 2.05) is 42.0 Å². The van der Waals surface area contributed by atoms with E-state index in [0.29, 0.717) is 5.88 Å². The molecular formula is C10H11NO. The van der Waals surface area contributed by atoms with Gasteiger partial charge in [-0.15, -0.1) is 0 Å². The molecule has 0 amide bonds. The average molecular weight is 161 g/mol. The SMILES string of the molecule is CCn1cc2ccccc2c1O. The summed E-state index contributed by atoms with van der Waals surface area (Å²) in [4.78, 5) is 0. The highest BCUT2D eigenvalue weighted by molar-refractivity contribution is 5.87. The molecule has 0 fully saturated rings. The number of nitrogens with zero attached hydrogens (tertiary/aromatic N) is 1. The van der Waals surface area contributed by atoms with E-state index in [9.17, 15) is 5.11 Å². The summed E-state index contributed by atoms with van der Waals surface area (Å²) in [7, 11) is 0. The van der Waals surface area contributed by atoms with Gasteiger partial charge in [-0.05, 0) is 13.0 Å². The van der Waals surface area contributed by atoms with Crippen LogP contribution in [-0.4, -0.2) is 9.67 Å². The molecule has 0 radical (unpaired) electrons. The molecule has 1 aromatic carbocycles. The van der Waals surface area contributed by atoms with Gasteiger partial charge in [0, 0.05) is 23.5 Å². The zero-order chi connectivity index (χ0) is 8.55. The summed E-state index contributed by atoms with van der Waals surface area (Å²) in [5.41, 5.74) is 0. The number of aromatic nitrogens is 1. The average Bonchev–Trinajstić information content (AvgIpc) is 2.44. The fourth-order valence-electron chi connectivity index (χ4n) is 1.44. The monoisotopic (exact) mass is 161 g/mol. The first-order chi connectivity index (χ1) is 5.83. The molecule has 0 saturated heterocycles. The van der Waals surface area contributed by atoms with Crippen LogP contribution in [0.4, 0.5) is 0 Å². The molecule has 12 heavy (non-hydrogen) atoms. The first-order valence-electron chi connectivity index (χ1n) is 4.09. The number of hydrogen-bond donors (Lipinski definition) is 1. The molecule has 0 aliphatic rings. The summed E-state index contributed by atoms with van der Waals surface area (Å²) in [6, 6.07) is 7.84. The zero-order valence-electron chi connectivity index (χ0n) is 6.99. The van der Waals surface area contributed by atoms with Crippen molar-refractivity contribution in [3.63, 3.8) is 0 Å². The van der Waals surface area contributed by atoms with Crippen molar-refractivity contribution in [2.75, 3.05) is 0 Å². The van der Waals surface area contributed by atoms with Crippen molar-refractivity contribution in [2.24, 2.45) is 0 Å². The van der Waals surface area contributed by atoms with E-state index in [1.54, 1.807) is 0 Å². The third kappa shape index (κ3) is 0.881. The Labute approximate surface area is 71.1 Å². The van der Waals surface area contributed by atoms with E-state index < -0.39 is 0 Å². The van der Waals surface area contributed by atoms with Crippen molar-refractivity contribution >= 4 is 10.8 Å². The number of aryl methyl sites for hydroxylation is 1. The lowest BCUT2D eigenvalue weighted by Gasteiger charge is -1.97. The molecular weight excluding hydrogens is 150 g/mol. The molecule has 2 rings (SSSR count). The third-order valence-corrected chi connectivity index (χ3v) is 2.11. The van der Waals surface area contributed by atoms with E-state index in [4.69, 9.17) is 0 Å². The van der Waals surface area contributed by atoms with Gasteiger partial charge >= 0.3 is 0 Å². The fraction of sp³-hybridized carbons (Fsp3) is 0.200. The third-order valence-electron chi connectivity index (χ3n) is 2.11. The highest BCUT2D eigenvalue weighted by atomic mass is 16.3. The molecule has 2 aromatic rings. The van der Waals surface area contributed by atoms with Gasteiger partial charge in [-0.1, -0.05) is 18.2 Å². The Morgan fingerprint density at radius 2 is 2.08 bits per heavy atom. The predicted molar refractivity (Wildman–Crippen MR) is 49.3 cm³/mol. The molecule has 0 spiro atoms. The van der Waals surface area contributed by atoms with Crippen LogP contribution in [0.5, 0.6) is 5.88 Å². The van der Waals surface area contributed by atoms with Crippen LogP contribution in [0.15, 0.2) is 30.5 Å². The van der Waals surface area contributed by atoms with Crippen LogP contribution in [0.2, 0.25) is 0 Å². The van der Waals surface area contributed by atoms with Crippen LogP contribution in [0, 0.1) is 0 Å². The highest BCUT2D eigenvalue weighted by Crippen LogP contribution is 2.26. The Morgan fingerprint density at radius 3 is 2.75 bits per heavy atom. The van der Waals surface area contributed by atoms with Gasteiger partial charge in [-0.3, -0.25) is 0 Å². The molecule has 2 nitrogen and oxygen atoms in total. The molecule has 1 heterocycles. The van der Waals surface area contributed by atoms with Crippen molar-refractivity contribution in [2.45, 2.75) is 13.5 Å². The number of benzene rings is 1. The Hall–Kier alpha value is -1.44. The Morgan fingerprint density at radius 1 is 1.33 bits per heavy atom. The Balaban J connectivity index is 2.78. The first kappa shape index (κ1) is 7.22. The maximum absolute atomic E-state index is 9.65. The molecule has 0 unspecified atom stereocenters. The van der Waals surface area contributed by atoms with Crippen molar-refractivity contribution in [3.8, 4) is 5.88 Å². The zero-order valence-corrected chi connectivity index (χ0v) is 6.99. The van der Waals surface area contributed by atoms with Gasteiger partial charge in [0.1, 0.15) is 0 Å². The molecule has 0 bridgehead atoms. The summed E-state index contributed by atoms with van der Waals surface area (Å²) in [6.45, 7) is 2.82. The Kier molecular flexibility index (Phi) is 1.54. The summed E-state index contributed by atoms with van der Waals surface area (Å²) in [6.07, 6.45) is 1.96. The maximum Gasteiger partial charge on any atom is 0.199 e. The van der Waals surface area contributed by atoms with Gasteiger partial charge < -0.3 is 9.67 Å². The second-order valence-electron chi connectivity index (χ2n) is 2.83. The van der Waals surface area contributed by atoms with E-state index in [2.05, 4.69) is 0 Å². The molecule has 0 aliphatic heterocycles. The van der Waals surface area contributed by atoms with Crippen molar-refractivity contribution in [1.29, 1.82) is 0 Å². The number of aromatic hydroxyl groups is 1. The van der Waals surface area contributed by atoms with Gasteiger partial charge in [0.15, 0.2) is 5.88 Å². The molecule has 0 saturated carbocycles. The van der Waals surface area contributed by atoms with Crippen molar-refractivity contribution in [1.82, 2.24) is 4.57 Å². The minimum atomic E-state index is 0.369. The van der Waals surface area contributed by atoms with Crippen LogP contribution >= 0.6 is 0 Å². The molecule has 0 atom stereocenters. The second kappa shape index (κ2) is 2.55. The van der Waals surface area contributed by atoms with Crippen molar-refractivity contribution < 1.29 is 5.11 Å². The lowest BCUT2D eigenvalue weighted by Crippen LogP contribution is -1.88. The number of rotatable bonds is 1. The quantitative estimate of drug-likeness (QED) is 0.682. The summed E-state index contributed by atoms with van der Waals surface area (Å²) >= 11 is 0. The lowest BCUT2D eigenvalue weighted by atomic mass is 10.2. The molecule has 0 aliphatic carbocycles. The van der Waals surface area contributed by atoms with Gasteiger partial charge in [0.2, 0.25) is 0 Å². The summed E-state index contributed by atoms with van der Waals surface area (Å²) in [5.74, 6) is 0.369. The highest BCUT2D eigenvalue weighted by Gasteiger charge is 2.04. The molecule has 1 aromatic heterocycles. The fourth-order valence-corrected chi connectivity index (χ4v) is 1.44. The van der Waals surface area contributed by atoms with Crippen molar-refractivity contribution in [3.05, 3.63) is 30.5 Å². The molecule has 62 valence electrons. The van der Waals surface area contributed by atoms with Gasteiger partial charge in [-0.25, -0.2) is 0 Å². The van der Waals surface area contributed by atoms with Crippen LogP contribution in [0.25, 0.3) is 10.8 Å². The minimum absolute atomic E-state index is 0.369. The van der Waals surface area contributed by atoms with E-state index in [1.165, 1.54) is 0 Å². The standard InChI is InChI=1S/C10H11NO/c1-2-11-7-8-5-3-4-6-9(8)10(11)12/h3-7,12H,2H2,1H3. The van der Waals surface area contributed by atoms with Gasteiger partial charge in [0.05, 0.1) is 0 Å². The van der Waals surface area contributed by atoms with Gasteiger partial charge in [0.25, 0.3) is 0 Å². The number of fused-ring (bicyclic) bond motifs is 1. The van der Waals surface area contributed by atoms with Crippen LogP contribution < -0.4 is 0 Å². The summed E-state index contributed by atoms with van der Waals surface area (Å²) < 4.78 is 1.84. The maximum atomic E-state index is 9.65. The smallest absolute Gasteiger partial charge is 0.199 e. The van der Waals surface area contributed by atoms with Gasteiger partial charge in [-0.2, -0.15) is 0 Å². The topological polar surface area (TPSA) is 25.2 Å². The normalized spacial score (nSPS) is 10.8. The summed E-state index contributed by atoms with van der Waals surface area (Å²) in [5, 5.41) is 11.7. The number of hydrogen-bond acceptors (Lipinski definition) is 1. The van der Waals surface area contributed by atoms with E-state index in [0.717, 1.165) is 17.3 Å². The largest absolute Gasteiger partial charge is 0.494 e. The molecule has 1 N–H and O–H groups in total. The lowest BCUT2D eigenvalue weighted by molar-refractivity contribution is 0.427. The van der Waals surface area contributed by atoms with Crippen LogP contribution in [0.3, 0.4) is 0 Å². The van der Waals surface area contributed by atoms with E-state index in [-0.39, 0.29) is 0 Å². The Bertz CT molecular complexity index is 403. The second-order valence-corrected chi connectivity index (χ2v) is 2.83. The van der Waals surface area contributed by atoms with Crippen LogP contribution in [0.1, 0.15) is 6.92 Å². The predicted octanol–water partition coefficient (Wildman–Crippen LogP) is 2.37. The molecule has 2 heteroatoms. The van der Waals surface area contributed by atoms with E-state index >= 15 is 0 Å². The first-order valence-corrected chi connectivity index (χ1v) is 4.09.